The molecule has 32 heavy (non-hydrogen) atoms. The molecule has 0 spiro atoms. The van der Waals surface area contributed by atoms with Gasteiger partial charge in [0.2, 0.25) is 5.75 Å². The van der Waals surface area contributed by atoms with E-state index in [2.05, 4.69) is 14.9 Å². The number of hydrogen-bond donors (Lipinski definition) is 2. The lowest BCUT2D eigenvalue weighted by Gasteiger charge is -2.28. The second-order valence-corrected chi connectivity index (χ2v) is 7.50. The quantitative estimate of drug-likeness (QED) is 0.463. The lowest BCUT2D eigenvalue weighted by Crippen LogP contribution is -3.00. The summed E-state index contributed by atoms with van der Waals surface area (Å²) in [6, 6.07) is 9.92. The Balaban J connectivity index is 0.00000245. The van der Waals surface area contributed by atoms with Gasteiger partial charge in [-0.15, -0.1) is 0 Å². The Morgan fingerprint density at radius 1 is 1.12 bits per heavy atom. The fourth-order valence-electron chi connectivity index (χ4n) is 3.77. The Morgan fingerprint density at radius 3 is 2.62 bits per heavy atom. The SMILES string of the molecule is O=c1c(O)c(C2=NC=C(Cc3ccc(F)cc3)[NH2+]2)nc2ccc(N3CCOCC3)cn12.[Cl-]. The van der Waals surface area contributed by atoms with Crippen molar-refractivity contribution in [1.82, 2.24) is 9.38 Å². The number of aromatic nitrogens is 2. The van der Waals surface area contributed by atoms with Crippen LogP contribution in [0.15, 0.2) is 64.3 Å². The molecule has 0 radical (unpaired) electrons. The molecule has 4 heterocycles. The lowest BCUT2D eigenvalue weighted by molar-refractivity contribution is -0.481. The van der Waals surface area contributed by atoms with Crippen LogP contribution in [0.3, 0.4) is 0 Å². The number of hydrogen-bond acceptors (Lipinski definition) is 6. The number of halogens is 2. The van der Waals surface area contributed by atoms with Crippen LogP contribution >= 0.6 is 0 Å². The Kier molecular flexibility index (Phi) is 6.22. The number of allylic oxidation sites excluding steroid dienone is 1. The third kappa shape index (κ3) is 4.22. The van der Waals surface area contributed by atoms with E-state index in [0.717, 1.165) is 30.0 Å². The highest BCUT2D eigenvalue weighted by Crippen LogP contribution is 2.18. The summed E-state index contributed by atoms with van der Waals surface area (Å²) in [5.74, 6) is -0.304. The van der Waals surface area contributed by atoms with E-state index >= 15 is 0 Å². The van der Waals surface area contributed by atoms with Crippen LogP contribution in [0.5, 0.6) is 5.75 Å². The number of pyridine rings is 1. The molecular formula is C22H21ClFN5O3. The van der Waals surface area contributed by atoms with E-state index in [1.54, 1.807) is 35.9 Å². The Morgan fingerprint density at radius 2 is 1.88 bits per heavy atom. The van der Waals surface area contributed by atoms with Crippen LogP contribution in [-0.2, 0) is 11.2 Å². The van der Waals surface area contributed by atoms with Crippen molar-refractivity contribution in [2.45, 2.75) is 6.42 Å². The van der Waals surface area contributed by atoms with Crippen LogP contribution in [0, 0.1) is 5.82 Å². The first-order chi connectivity index (χ1) is 15.1. The summed E-state index contributed by atoms with van der Waals surface area (Å²) in [5, 5.41) is 12.3. The molecule has 1 fully saturated rings. The Labute approximate surface area is 189 Å². The van der Waals surface area contributed by atoms with Crippen LogP contribution in [-0.4, -0.2) is 46.6 Å². The van der Waals surface area contributed by atoms with E-state index in [0.29, 0.717) is 31.1 Å². The lowest BCUT2D eigenvalue weighted by atomic mass is 10.1. The number of fused-ring (bicyclic) bond motifs is 1. The largest absolute Gasteiger partial charge is 1.00 e. The topological polar surface area (TPSA) is 96.0 Å². The highest BCUT2D eigenvalue weighted by Gasteiger charge is 2.25. The highest BCUT2D eigenvalue weighted by atomic mass is 35.5. The van der Waals surface area contributed by atoms with Gasteiger partial charge in [0, 0.05) is 25.7 Å². The molecule has 1 saturated heterocycles. The number of rotatable bonds is 4. The van der Waals surface area contributed by atoms with Crippen LogP contribution < -0.4 is 28.2 Å². The third-order valence-corrected chi connectivity index (χ3v) is 5.42. The van der Waals surface area contributed by atoms with Gasteiger partial charge in [-0.1, -0.05) is 12.1 Å². The molecule has 2 aliphatic heterocycles. The molecule has 3 N–H and O–H groups in total. The van der Waals surface area contributed by atoms with Gasteiger partial charge in [0.15, 0.2) is 5.69 Å². The van der Waals surface area contributed by atoms with Gasteiger partial charge in [-0.3, -0.25) is 14.5 Å². The number of quaternary nitrogens is 1. The number of nitrogens with two attached hydrogens (primary N) is 1. The first kappa shape index (κ1) is 21.9. The summed E-state index contributed by atoms with van der Waals surface area (Å²) in [5.41, 5.74) is 2.72. The zero-order valence-corrected chi connectivity index (χ0v) is 17.8. The number of aliphatic imine (C=N–C) groups is 1. The molecule has 0 bridgehead atoms. The molecule has 1 aromatic carbocycles. The van der Waals surface area contributed by atoms with Gasteiger partial charge in [-0.2, -0.15) is 4.99 Å². The summed E-state index contributed by atoms with van der Waals surface area (Å²) in [4.78, 5) is 23.8. The minimum absolute atomic E-state index is 0. The second kappa shape index (κ2) is 9.07. The van der Waals surface area contributed by atoms with Gasteiger partial charge in [0.25, 0.3) is 5.84 Å². The summed E-state index contributed by atoms with van der Waals surface area (Å²) in [7, 11) is 0. The number of aromatic hydroxyl groups is 1. The Hall–Kier alpha value is -3.27. The van der Waals surface area contributed by atoms with E-state index in [9.17, 15) is 14.3 Å². The third-order valence-electron chi connectivity index (χ3n) is 5.42. The average molecular weight is 458 g/mol. The van der Waals surface area contributed by atoms with Gasteiger partial charge in [-0.25, -0.2) is 9.37 Å². The maximum absolute atomic E-state index is 13.1. The van der Waals surface area contributed by atoms with Crippen molar-refractivity contribution < 1.29 is 32.0 Å². The molecule has 0 saturated carbocycles. The first-order valence-electron chi connectivity index (χ1n) is 10.0. The van der Waals surface area contributed by atoms with E-state index in [-0.39, 0.29) is 23.9 Å². The van der Waals surface area contributed by atoms with Crippen LogP contribution in [0.4, 0.5) is 10.1 Å². The molecule has 2 aromatic heterocycles. The van der Waals surface area contributed by atoms with E-state index < -0.39 is 11.3 Å². The number of amidine groups is 1. The van der Waals surface area contributed by atoms with Crippen molar-refractivity contribution in [2.75, 3.05) is 31.2 Å². The molecule has 3 aromatic rings. The van der Waals surface area contributed by atoms with E-state index in [1.165, 1.54) is 16.5 Å². The van der Waals surface area contributed by atoms with Gasteiger partial charge >= 0.3 is 5.56 Å². The molecular weight excluding hydrogens is 437 g/mol. The minimum Gasteiger partial charge on any atom is -1.00 e. The molecule has 0 amide bonds. The predicted molar refractivity (Wildman–Crippen MR) is 113 cm³/mol. The summed E-state index contributed by atoms with van der Waals surface area (Å²) in [6.45, 7) is 2.76. The van der Waals surface area contributed by atoms with Gasteiger partial charge < -0.3 is 27.2 Å². The Bertz CT molecular complexity index is 1270. The monoisotopic (exact) mass is 457 g/mol. The molecule has 10 heteroatoms. The number of ether oxygens (including phenoxy) is 1. The molecule has 0 unspecified atom stereocenters. The van der Waals surface area contributed by atoms with Crippen molar-refractivity contribution in [2.24, 2.45) is 4.99 Å². The van der Waals surface area contributed by atoms with Crippen LogP contribution in [0.2, 0.25) is 0 Å². The zero-order chi connectivity index (χ0) is 21.4. The van der Waals surface area contributed by atoms with Crippen molar-refractivity contribution in [3.63, 3.8) is 0 Å². The number of morpholine rings is 1. The van der Waals surface area contributed by atoms with E-state index in [1.807, 2.05) is 6.07 Å². The number of anilines is 1. The smallest absolute Gasteiger partial charge is 0.301 e. The molecule has 8 nitrogen and oxygen atoms in total. The van der Waals surface area contributed by atoms with Crippen molar-refractivity contribution >= 4 is 17.2 Å². The fourth-order valence-corrected chi connectivity index (χ4v) is 3.77. The molecule has 5 rings (SSSR count). The maximum Gasteiger partial charge on any atom is 0.301 e. The zero-order valence-electron chi connectivity index (χ0n) is 17.0. The fraction of sp³-hybridized carbons (Fsp3) is 0.227. The second-order valence-electron chi connectivity index (χ2n) is 7.50. The van der Waals surface area contributed by atoms with Gasteiger partial charge in [-0.05, 0) is 29.8 Å². The predicted octanol–water partition coefficient (Wildman–Crippen LogP) is -2.21. The average Bonchev–Trinajstić information content (AvgIpc) is 3.26. The molecule has 166 valence electrons. The summed E-state index contributed by atoms with van der Waals surface area (Å²) in [6.07, 6.45) is 3.92. The van der Waals surface area contributed by atoms with Gasteiger partial charge in [0.1, 0.15) is 17.2 Å². The van der Waals surface area contributed by atoms with Crippen LogP contribution in [0.25, 0.3) is 5.65 Å². The van der Waals surface area contributed by atoms with Crippen molar-refractivity contribution in [3.8, 4) is 5.75 Å². The molecule has 2 aliphatic rings. The summed E-state index contributed by atoms with van der Waals surface area (Å²) < 4.78 is 19.8. The minimum atomic E-state index is -0.543. The standard InChI is InChI=1S/C22H20FN5O3.ClH/c23-15-3-1-14(2-4-15)11-16-12-24-21(25-16)19-20(29)22(30)28-13-17(5-6-18(28)26-19)27-7-9-31-10-8-27;/h1-6,12-13,29H,7-11H2,(H,24,25);1H. The first-order valence-corrected chi connectivity index (χ1v) is 10.0. The van der Waals surface area contributed by atoms with Crippen molar-refractivity contribution in [1.29, 1.82) is 0 Å². The van der Waals surface area contributed by atoms with Gasteiger partial charge in [0.05, 0.1) is 25.1 Å². The summed E-state index contributed by atoms with van der Waals surface area (Å²) >= 11 is 0. The number of nitrogens with zero attached hydrogens (tertiary/aromatic N) is 4. The molecule has 0 atom stereocenters. The maximum atomic E-state index is 13.1. The van der Waals surface area contributed by atoms with E-state index in [4.69, 9.17) is 4.74 Å². The highest BCUT2D eigenvalue weighted by molar-refractivity contribution is 5.94. The molecule has 0 aliphatic carbocycles. The number of benzene rings is 1. The van der Waals surface area contributed by atoms with Crippen LogP contribution in [0.1, 0.15) is 11.3 Å². The normalized spacial score (nSPS) is 16.0. The van der Waals surface area contributed by atoms with Crippen molar-refractivity contribution in [3.05, 3.63) is 81.9 Å².